The molecule has 2 nitrogen and oxygen atoms in total. The van der Waals surface area contributed by atoms with Gasteiger partial charge in [-0.05, 0) is 38.1 Å². The summed E-state index contributed by atoms with van der Waals surface area (Å²) in [7, 11) is 1.85. The van der Waals surface area contributed by atoms with E-state index < -0.39 is 11.6 Å². The van der Waals surface area contributed by atoms with Crippen LogP contribution in [0.5, 0.6) is 0 Å². The highest BCUT2D eigenvalue weighted by atomic mass is 32.1. The topological polar surface area (TPSA) is 24.9 Å². The number of benzene rings is 1. The third-order valence-corrected chi connectivity index (χ3v) is 3.76. The maximum Gasteiger partial charge on any atom is 0.126 e. The maximum absolute atomic E-state index is 13.1. The fourth-order valence-electron chi connectivity index (χ4n) is 2.04. The predicted molar refractivity (Wildman–Crippen MR) is 73.5 cm³/mol. The number of thiazole rings is 1. The lowest BCUT2D eigenvalue weighted by molar-refractivity contribution is 0.540. The summed E-state index contributed by atoms with van der Waals surface area (Å²) in [5, 5.41) is 6.22. The average Bonchev–Trinajstić information content (AvgIpc) is 2.72. The van der Waals surface area contributed by atoms with Crippen molar-refractivity contribution in [2.24, 2.45) is 0 Å². The minimum atomic E-state index is -0.533. The van der Waals surface area contributed by atoms with Crippen LogP contribution in [0.25, 0.3) is 0 Å². The lowest BCUT2D eigenvalue weighted by Crippen LogP contribution is -2.30. The molecule has 0 saturated carbocycles. The highest BCUT2D eigenvalue weighted by molar-refractivity contribution is 7.09. The number of nitrogens with zero attached hydrogens (tertiary/aromatic N) is 1. The van der Waals surface area contributed by atoms with Gasteiger partial charge in [0.25, 0.3) is 0 Å². The fraction of sp³-hybridized carbons (Fsp3) is 0.357. The summed E-state index contributed by atoms with van der Waals surface area (Å²) >= 11 is 1.61. The van der Waals surface area contributed by atoms with E-state index in [4.69, 9.17) is 0 Å². The number of halogens is 2. The molecule has 1 N–H and O–H groups in total. The van der Waals surface area contributed by atoms with Crippen molar-refractivity contribution >= 4 is 11.3 Å². The van der Waals surface area contributed by atoms with E-state index in [1.54, 1.807) is 11.3 Å². The number of aromatic nitrogens is 1. The SMILES string of the molecule is CNC(Cc1cc(F)cc(F)c1)Cc1csc(C)n1. The number of aryl methyl sites for hydroxylation is 1. The molecule has 5 heteroatoms. The third-order valence-electron chi connectivity index (χ3n) is 2.93. The Labute approximate surface area is 115 Å². The molecule has 0 aliphatic carbocycles. The fourth-order valence-corrected chi connectivity index (χ4v) is 2.67. The van der Waals surface area contributed by atoms with E-state index in [1.807, 2.05) is 19.4 Å². The largest absolute Gasteiger partial charge is 0.316 e. The van der Waals surface area contributed by atoms with Crippen molar-refractivity contribution in [3.05, 3.63) is 51.5 Å². The molecule has 1 aromatic carbocycles. The summed E-state index contributed by atoms with van der Waals surface area (Å²) < 4.78 is 26.3. The zero-order valence-electron chi connectivity index (χ0n) is 10.9. The van der Waals surface area contributed by atoms with Gasteiger partial charge in [-0.15, -0.1) is 11.3 Å². The lowest BCUT2D eigenvalue weighted by Gasteiger charge is -2.15. The van der Waals surface area contributed by atoms with Gasteiger partial charge in [-0.2, -0.15) is 0 Å². The summed E-state index contributed by atoms with van der Waals surface area (Å²) in [5.41, 5.74) is 1.67. The number of rotatable bonds is 5. The van der Waals surface area contributed by atoms with Crippen LogP contribution in [-0.4, -0.2) is 18.1 Å². The Kier molecular flexibility index (Phi) is 4.61. The zero-order chi connectivity index (χ0) is 13.8. The molecular formula is C14H16F2N2S. The second kappa shape index (κ2) is 6.21. The van der Waals surface area contributed by atoms with Gasteiger partial charge in [0.05, 0.1) is 10.7 Å². The quantitative estimate of drug-likeness (QED) is 0.911. The molecule has 2 rings (SSSR count). The van der Waals surface area contributed by atoms with Crippen LogP contribution in [0.1, 0.15) is 16.3 Å². The van der Waals surface area contributed by atoms with E-state index in [0.29, 0.717) is 12.0 Å². The van der Waals surface area contributed by atoms with Gasteiger partial charge >= 0.3 is 0 Å². The van der Waals surface area contributed by atoms with Gasteiger partial charge in [-0.25, -0.2) is 13.8 Å². The predicted octanol–water partition coefficient (Wildman–Crippen LogP) is 3.10. The maximum atomic E-state index is 13.1. The molecule has 0 saturated heterocycles. The van der Waals surface area contributed by atoms with Crippen LogP contribution in [0.15, 0.2) is 23.6 Å². The summed E-state index contributed by atoms with van der Waals surface area (Å²) in [4.78, 5) is 4.41. The molecule has 0 radical (unpaired) electrons. The molecule has 1 atom stereocenters. The molecule has 0 aliphatic heterocycles. The number of hydrogen-bond donors (Lipinski definition) is 1. The molecule has 2 aromatic rings. The number of hydrogen-bond acceptors (Lipinski definition) is 3. The first-order chi connectivity index (χ1) is 9.06. The van der Waals surface area contributed by atoms with Gasteiger partial charge < -0.3 is 5.32 Å². The van der Waals surface area contributed by atoms with Gasteiger partial charge in [0.1, 0.15) is 11.6 Å². The van der Waals surface area contributed by atoms with Gasteiger partial charge in [0.15, 0.2) is 0 Å². The molecule has 1 heterocycles. The molecule has 102 valence electrons. The minimum absolute atomic E-state index is 0.114. The van der Waals surface area contributed by atoms with Crippen molar-refractivity contribution < 1.29 is 8.78 Å². The monoisotopic (exact) mass is 282 g/mol. The Bertz CT molecular complexity index is 534. The summed E-state index contributed by atoms with van der Waals surface area (Å²) in [6.45, 7) is 1.96. The second-order valence-electron chi connectivity index (χ2n) is 4.53. The Morgan fingerprint density at radius 2 is 1.89 bits per heavy atom. The normalized spacial score (nSPS) is 12.6. The van der Waals surface area contributed by atoms with E-state index in [9.17, 15) is 8.78 Å². The van der Waals surface area contributed by atoms with Crippen LogP contribution in [0.2, 0.25) is 0 Å². The van der Waals surface area contributed by atoms with Crippen LogP contribution < -0.4 is 5.32 Å². The van der Waals surface area contributed by atoms with Crippen LogP contribution in [0.4, 0.5) is 8.78 Å². The van der Waals surface area contributed by atoms with Crippen molar-refractivity contribution in [1.29, 1.82) is 0 Å². The van der Waals surface area contributed by atoms with Gasteiger partial charge in [-0.1, -0.05) is 0 Å². The van der Waals surface area contributed by atoms with E-state index in [0.717, 1.165) is 23.2 Å². The summed E-state index contributed by atoms with van der Waals surface area (Å²) in [6, 6.07) is 3.75. The third kappa shape index (κ3) is 4.08. The summed E-state index contributed by atoms with van der Waals surface area (Å²) in [5.74, 6) is -1.07. The van der Waals surface area contributed by atoms with Gasteiger partial charge in [0, 0.05) is 23.9 Å². The molecule has 0 spiro atoms. The van der Waals surface area contributed by atoms with E-state index in [2.05, 4.69) is 10.3 Å². The Hall–Kier alpha value is -1.33. The first kappa shape index (κ1) is 14.1. The molecule has 19 heavy (non-hydrogen) atoms. The number of likely N-dealkylation sites (N-methyl/N-ethyl adjacent to an activating group) is 1. The van der Waals surface area contributed by atoms with E-state index >= 15 is 0 Å². The van der Waals surface area contributed by atoms with E-state index in [1.165, 1.54) is 12.1 Å². The smallest absolute Gasteiger partial charge is 0.126 e. The lowest BCUT2D eigenvalue weighted by atomic mass is 10.0. The van der Waals surface area contributed by atoms with E-state index in [-0.39, 0.29) is 6.04 Å². The minimum Gasteiger partial charge on any atom is -0.316 e. The van der Waals surface area contributed by atoms with Crippen molar-refractivity contribution in [1.82, 2.24) is 10.3 Å². The van der Waals surface area contributed by atoms with Crippen molar-refractivity contribution in [2.45, 2.75) is 25.8 Å². The standard InChI is InChI=1S/C14H16F2N2S/c1-9-18-14(8-19-9)7-13(17-2)5-10-3-11(15)6-12(16)4-10/h3-4,6,8,13,17H,5,7H2,1-2H3. The molecule has 0 fully saturated rings. The Morgan fingerprint density at radius 1 is 1.21 bits per heavy atom. The van der Waals surface area contributed by atoms with Crippen LogP contribution >= 0.6 is 11.3 Å². The molecule has 0 aliphatic rings. The number of nitrogens with one attached hydrogen (secondary N) is 1. The Morgan fingerprint density at radius 3 is 2.42 bits per heavy atom. The van der Waals surface area contributed by atoms with Crippen molar-refractivity contribution in [3.63, 3.8) is 0 Å². The van der Waals surface area contributed by atoms with Crippen LogP contribution in [0.3, 0.4) is 0 Å². The molecule has 1 unspecified atom stereocenters. The summed E-state index contributed by atoms with van der Waals surface area (Å²) in [6.07, 6.45) is 1.32. The zero-order valence-corrected chi connectivity index (χ0v) is 11.7. The Balaban J connectivity index is 2.06. The average molecular weight is 282 g/mol. The first-order valence-electron chi connectivity index (χ1n) is 6.10. The van der Waals surface area contributed by atoms with Crippen LogP contribution in [0, 0.1) is 18.6 Å². The van der Waals surface area contributed by atoms with Gasteiger partial charge in [0.2, 0.25) is 0 Å². The van der Waals surface area contributed by atoms with Crippen molar-refractivity contribution in [2.75, 3.05) is 7.05 Å². The molecular weight excluding hydrogens is 266 g/mol. The molecule has 0 bridgehead atoms. The molecule has 1 aromatic heterocycles. The second-order valence-corrected chi connectivity index (χ2v) is 5.59. The van der Waals surface area contributed by atoms with Gasteiger partial charge in [-0.3, -0.25) is 0 Å². The van der Waals surface area contributed by atoms with Crippen LogP contribution in [-0.2, 0) is 12.8 Å². The molecule has 0 amide bonds. The highest BCUT2D eigenvalue weighted by Gasteiger charge is 2.12. The first-order valence-corrected chi connectivity index (χ1v) is 6.98. The van der Waals surface area contributed by atoms with Crippen molar-refractivity contribution in [3.8, 4) is 0 Å². The highest BCUT2D eigenvalue weighted by Crippen LogP contribution is 2.14.